The van der Waals surface area contributed by atoms with Gasteiger partial charge in [0.25, 0.3) is 0 Å². The molecule has 0 spiro atoms. The van der Waals surface area contributed by atoms with Crippen molar-refractivity contribution >= 4 is 0 Å². The molecular weight excluding hydrogens is 164 g/mol. The van der Waals surface area contributed by atoms with Crippen LogP contribution in [0.1, 0.15) is 39.0 Å². The zero-order valence-electron chi connectivity index (χ0n) is 8.50. The van der Waals surface area contributed by atoms with Gasteiger partial charge in [0.1, 0.15) is 0 Å². The predicted molar refractivity (Wildman–Crippen MR) is 51.7 cm³/mol. The Morgan fingerprint density at radius 3 is 2.46 bits per heavy atom. The first kappa shape index (κ1) is 9.47. The normalized spacial score (nSPS) is 36.7. The molecular formula is C11H20O2. The van der Waals surface area contributed by atoms with Gasteiger partial charge in [-0.3, -0.25) is 0 Å². The van der Waals surface area contributed by atoms with Crippen LogP contribution in [0.15, 0.2) is 0 Å². The van der Waals surface area contributed by atoms with Crippen LogP contribution in [0.4, 0.5) is 0 Å². The summed E-state index contributed by atoms with van der Waals surface area (Å²) in [6, 6.07) is 0. The van der Waals surface area contributed by atoms with Crippen molar-refractivity contribution in [1.29, 1.82) is 0 Å². The summed E-state index contributed by atoms with van der Waals surface area (Å²) in [4.78, 5) is 0. The highest BCUT2D eigenvalue weighted by molar-refractivity contribution is 4.75. The van der Waals surface area contributed by atoms with E-state index in [9.17, 15) is 0 Å². The van der Waals surface area contributed by atoms with E-state index < -0.39 is 0 Å². The van der Waals surface area contributed by atoms with Gasteiger partial charge in [-0.1, -0.05) is 0 Å². The molecule has 2 aliphatic heterocycles. The number of hydrogen-bond donors (Lipinski definition) is 0. The maximum Gasteiger partial charge on any atom is 0.0582 e. The quantitative estimate of drug-likeness (QED) is 0.656. The van der Waals surface area contributed by atoms with Gasteiger partial charge in [0, 0.05) is 13.2 Å². The lowest BCUT2D eigenvalue weighted by Crippen LogP contribution is -2.21. The molecule has 0 aromatic heterocycles. The van der Waals surface area contributed by atoms with E-state index in [2.05, 4.69) is 6.92 Å². The maximum atomic E-state index is 5.82. The van der Waals surface area contributed by atoms with Crippen LogP contribution in [-0.4, -0.2) is 25.4 Å². The van der Waals surface area contributed by atoms with Crippen LogP contribution in [0.2, 0.25) is 0 Å². The second-order valence-corrected chi connectivity index (χ2v) is 4.44. The lowest BCUT2D eigenvalue weighted by atomic mass is 9.93. The van der Waals surface area contributed by atoms with E-state index in [0.29, 0.717) is 12.2 Å². The average molecular weight is 184 g/mol. The number of rotatable bonds is 2. The first-order valence-corrected chi connectivity index (χ1v) is 5.58. The zero-order valence-corrected chi connectivity index (χ0v) is 8.50. The highest BCUT2D eigenvalue weighted by atomic mass is 16.5. The summed E-state index contributed by atoms with van der Waals surface area (Å²) < 4.78 is 11.2. The highest BCUT2D eigenvalue weighted by Crippen LogP contribution is 2.28. The smallest absolute Gasteiger partial charge is 0.0582 e. The Balaban J connectivity index is 1.71. The van der Waals surface area contributed by atoms with Gasteiger partial charge in [-0.05, 0) is 44.9 Å². The molecule has 1 unspecified atom stereocenters. The van der Waals surface area contributed by atoms with E-state index >= 15 is 0 Å². The molecule has 0 saturated carbocycles. The second-order valence-electron chi connectivity index (χ2n) is 4.44. The van der Waals surface area contributed by atoms with Gasteiger partial charge in [-0.2, -0.15) is 0 Å². The first-order valence-electron chi connectivity index (χ1n) is 5.58. The number of ether oxygens (including phenoxy) is 2. The molecule has 0 radical (unpaired) electrons. The van der Waals surface area contributed by atoms with Crippen molar-refractivity contribution in [2.24, 2.45) is 5.92 Å². The van der Waals surface area contributed by atoms with Crippen molar-refractivity contribution in [3.05, 3.63) is 0 Å². The Morgan fingerprint density at radius 2 is 1.85 bits per heavy atom. The van der Waals surface area contributed by atoms with E-state index in [0.717, 1.165) is 19.1 Å². The maximum absolute atomic E-state index is 5.82. The minimum Gasteiger partial charge on any atom is -0.381 e. The third-order valence-electron chi connectivity index (χ3n) is 3.26. The van der Waals surface area contributed by atoms with Gasteiger partial charge in [0.2, 0.25) is 0 Å². The van der Waals surface area contributed by atoms with Crippen LogP contribution in [0.25, 0.3) is 0 Å². The fraction of sp³-hybridized carbons (Fsp3) is 1.00. The standard InChI is InChI=1S/C11H20O2/c1-9-2-3-11(13-9)8-10-4-6-12-7-5-10/h9-11H,2-8H2,1H3/t9-,11?/m0/s1. The average Bonchev–Trinajstić information content (AvgIpc) is 2.53. The Hall–Kier alpha value is -0.0800. The molecule has 0 aromatic rings. The zero-order chi connectivity index (χ0) is 9.10. The van der Waals surface area contributed by atoms with Crippen molar-refractivity contribution in [2.75, 3.05) is 13.2 Å². The number of hydrogen-bond acceptors (Lipinski definition) is 2. The van der Waals surface area contributed by atoms with Gasteiger partial charge in [0.05, 0.1) is 12.2 Å². The molecule has 0 amide bonds. The van der Waals surface area contributed by atoms with Gasteiger partial charge in [-0.15, -0.1) is 0 Å². The fourth-order valence-electron chi connectivity index (χ4n) is 2.41. The van der Waals surface area contributed by atoms with Gasteiger partial charge < -0.3 is 9.47 Å². The molecule has 2 rings (SSSR count). The summed E-state index contributed by atoms with van der Waals surface area (Å²) in [5.41, 5.74) is 0. The largest absolute Gasteiger partial charge is 0.381 e. The third kappa shape index (κ3) is 2.68. The molecule has 2 heteroatoms. The highest BCUT2D eigenvalue weighted by Gasteiger charge is 2.25. The molecule has 2 aliphatic rings. The molecule has 76 valence electrons. The second kappa shape index (κ2) is 4.43. The van der Waals surface area contributed by atoms with Crippen LogP contribution < -0.4 is 0 Å². The van der Waals surface area contributed by atoms with Gasteiger partial charge in [0.15, 0.2) is 0 Å². The molecule has 2 atom stereocenters. The van der Waals surface area contributed by atoms with Crippen LogP contribution in [0, 0.1) is 5.92 Å². The van der Waals surface area contributed by atoms with E-state index in [1.165, 1.54) is 32.1 Å². The summed E-state index contributed by atoms with van der Waals surface area (Å²) in [7, 11) is 0. The SMILES string of the molecule is C[C@H]1CCC(CC2CCOCC2)O1. The van der Waals surface area contributed by atoms with Crippen LogP contribution in [0.5, 0.6) is 0 Å². The van der Waals surface area contributed by atoms with Crippen molar-refractivity contribution in [1.82, 2.24) is 0 Å². The Labute approximate surface area is 80.6 Å². The molecule has 2 nitrogen and oxygen atoms in total. The molecule has 13 heavy (non-hydrogen) atoms. The molecule has 2 heterocycles. The third-order valence-corrected chi connectivity index (χ3v) is 3.26. The van der Waals surface area contributed by atoms with Gasteiger partial charge >= 0.3 is 0 Å². The van der Waals surface area contributed by atoms with E-state index in [-0.39, 0.29) is 0 Å². The van der Waals surface area contributed by atoms with Crippen molar-refractivity contribution in [3.8, 4) is 0 Å². The summed E-state index contributed by atoms with van der Waals surface area (Å²) in [5.74, 6) is 0.865. The van der Waals surface area contributed by atoms with Crippen molar-refractivity contribution in [2.45, 2.75) is 51.2 Å². The molecule has 0 N–H and O–H groups in total. The summed E-state index contributed by atoms with van der Waals surface area (Å²) >= 11 is 0. The molecule has 2 fully saturated rings. The first-order chi connectivity index (χ1) is 6.34. The minimum absolute atomic E-state index is 0.504. The van der Waals surface area contributed by atoms with Gasteiger partial charge in [-0.25, -0.2) is 0 Å². The Kier molecular flexibility index (Phi) is 3.23. The van der Waals surface area contributed by atoms with E-state index in [4.69, 9.17) is 9.47 Å². The Morgan fingerprint density at radius 1 is 1.08 bits per heavy atom. The lowest BCUT2D eigenvalue weighted by molar-refractivity contribution is 0.0137. The summed E-state index contributed by atoms with van der Waals surface area (Å²) in [6.45, 7) is 4.11. The minimum atomic E-state index is 0.504. The van der Waals surface area contributed by atoms with E-state index in [1.54, 1.807) is 0 Å². The molecule has 2 saturated heterocycles. The topological polar surface area (TPSA) is 18.5 Å². The predicted octanol–water partition coefficient (Wildman–Crippen LogP) is 2.37. The van der Waals surface area contributed by atoms with Crippen LogP contribution >= 0.6 is 0 Å². The Bertz CT molecular complexity index is 149. The molecule has 0 aliphatic carbocycles. The molecule has 0 bridgehead atoms. The van der Waals surface area contributed by atoms with Crippen LogP contribution in [0.3, 0.4) is 0 Å². The lowest BCUT2D eigenvalue weighted by Gasteiger charge is -2.24. The summed E-state index contributed by atoms with van der Waals surface area (Å²) in [5, 5.41) is 0. The monoisotopic (exact) mass is 184 g/mol. The van der Waals surface area contributed by atoms with Crippen LogP contribution in [-0.2, 0) is 9.47 Å². The van der Waals surface area contributed by atoms with Crippen molar-refractivity contribution in [3.63, 3.8) is 0 Å². The fourth-order valence-corrected chi connectivity index (χ4v) is 2.41. The summed E-state index contributed by atoms with van der Waals surface area (Å²) in [6.07, 6.45) is 7.35. The molecule has 0 aromatic carbocycles. The van der Waals surface area contributed by atoms with E-state index in [1.807, 2.05) is 0 Å². The van der Waals surface area contributed by atoms with Crippen molar-refractivity contribution < 1.29 is 9.47 Å².